The van der Waals surface area contributed by atoms with Gasteiger partial charge in [0, 0.05) is 41.3 Å². The maximum Gasteiger partial charge on any atom is 0.226 e. The first-order valence-corrected chi connectivity index (χ1v) is 12.3. The number of carbonyl (C=O) groups is 1. The van der Waals surface area contributed by atoms with E-state index in [4.69, 9.17) is 4.74 Å². The minimum atomic E-state index is 0.147. The van der Waals surface area contributed by atoms with Crippen LogP contribution in [0.2, 0.25) is 0 Å². The molecule has 0 unspecified atom stereocenters. The average molecular weight is 442 g/mol. The van der Waals surface area contributed by atoms with Crippen molar-refractivity contribution in [2.45, 2.75) is 51.2 Å². The number of aryl methyl sites for hydroxylation is 1. The second-order valence-electron chi connectivity index (χ2n) is 9.12. The van der Waals surface area contributed by atoms with Gasteiger partial charge in [-0.15, -0.1) is 11.3 Å². The number of likely N-dealkylation sites (tertiary alicyclic amines) is 1. The summed E-state index contributed by atoms with van der Waals surface area (Å²) >= 11 is 1.83. The molecule has 2 aromatic rings. The zero-order valence-electron chi connectivity index (χ0n) is 19.0. The third-order valence-corrected chi connectivity index (χ3v) is 7.26. The van der Waals surface area contributed by atoms with Crippen molar-refractivity contribution >= 4 is 17.2 Å². The molecule has 0 radical (unpaired) electrons. The van der Waals surface area contributed by atoms with Crippen LogP contribution in [-0.2, 0) is 11.3 Å². The molecule has 1 amide bonds. The smallest absolute Gasteiger partial charge is 0.226 e. The van der Waals surface area contributed by atoms with Gasteiger partial charge < -0.3 is 19.9 Å². The number of rotatable bonds is 9. The second kappa shape index (κ2) is 10.2. The van der Waals surface area contributed by atoms with E-state index in [9.17, 15) is 4.79 Å². The van der Waals surface area contributed by atoms with Gasteiger partial charge in [0.05, 0.1) is 6.04 Å². The molecule has 2 fully saturated rings. The van der Waals surface area contributed by atoms with Crippen LogP contribution in [0.25, 0.3) is 0 Å². The summed E-state index contributed by atoms with van der Waals surface area (Å²) in [6, 6.07) is 13.2. The molecule has 31 heavy (non-hydrogen) atoms. The molecule has 168 valence electrons. The van der Waals surface area contributed by atoms with Crippen molar-refractivity contribution in [3.05, 3.63) is 51.7 Å². The zero-order valence-corrected chi connectivity index (χ0v) is 19.8. The van der Waals surface area contributed by atoms with E-state index in [1.165, 1.54) is 15.3 Å². The fourth-order valence-electron chi connectivity index (χ4n) is 4.28. The van der Waals surface area contributed by atoms with Crippen LogP contribution in [0.1, 0.15) is 47.0 Å². The normalized spacial score (nSPS) is 21.5. The van der Waals surface area contributed by atoms with E-state index in [0.717, 1.165) is 51.1 Å². The van der Waals surface area contributed by atoms with Gasteiger partial charge >= 0.3 is 0 Å². The summed E-state index contributed by atoms with van der Waals surface area (Å²) in [4.78, 5) is 19.9. The van der Waals surface area contributed by atoms with E-state index in [1.807, 2.05) is 25.4 Å². The Kier molecular flexibility index (Phi) is 7.31. The Balaban J connectivity index is 1.40. The number of benzene rings is 1. The zero-order chi connectivity index (χ0) is 21.8. The first kappa shape index (κ1) is 22.3. The molecule has 1 aromatic carbocycles. The minimum absolute atomic E-state index is 0.147. The number of thiophene rings is 1. The number of nitrogens with zero attached hydrogens (tertiary/aromatic N) is 2. The Labute approximate surface area is 190 Å². The van der Waals surface area contributed by atoms with Crippen molar-refractivity contribution < 1.29 is 9.53 Å². The van der Waals surface area contributed by atoms with Gasteiger partial charge in [0.25, 0.3) is 0 Å². The molecule has 1 aliphatic carbocycles. The third kappa shape index (κ3) is 5.88. The van der Waals surface area contributed by atoms with Gasteiger partial charge in [0.2, 0.25) is 5.91 Å². The molecule has 4 rings (SSSR count). The highest BCUT2D eigenvalue weighted by atomic mass is 32.1. The van der Waals surface area contributed by atoms with Crippen LogP contribution in [0.5, 0.6) is 5.75 Å². The molecular formula is C25H35N3O2S. The quantitative estimate of drug-likeness (QED) is 0.633. The van der Waals surface area contributed by atoms with Gasteiger partial charge in [-0.2, -0.15) is 0 Å². The molecule has 0 bridgehead atoms. The average Bonchev–Trinajstić information content (AvgIpc) is 3.53. The molecular weight excluding hydrogens is 406 g/mol. The Morgan fingerprint density at radius 3 is 2.58 bits per heavy atom. The molecule has 1 aromatic heterocycles. The maximum absolute atomic E-state index is 13.0. The Morgan fingerprint density at radius 2 is 1.94 bits per heavy atom. The summed E-state index contributed by atoms with van der Waals surface area (Å²) in [5.41, 5.74) is 1.24. The molecule has 1 aliphatic heterocycles. The molecule has 6 heteroatoms. The van der Waals surface area contributed by atoms with Crippen LogP contribution in [-0.4, -0.2) is 55.5 Å². The number of amides is 1. The summed E-state index contributed by atoms with van der Waals surface area (Å²) in [5.74, 6) is 1.54. The molecule has 2 atom stereocenters. The van der Waals surface area contributed by atoms with Crippen LogP contribution >= 0.6 is 11.3 Å². The molecule has 1 N–H and O–H groups in total. The van der Waals surface area contributed by atoms with Gasteiger partial charge in [0.1, 0.15) is 12.4 Å². The molecule has 0 spiro atoms. The van der Waals surface area contributed by atoms with Crippen LogP contribution in [0.3, 0.4) is 0 Å². The standard InChI is InChI=1S/C25H35N3O2S/c1-18-6-13-23(31-18)24-22(5-4-14-28(24)25(29)20-9-10-20)26-17-19-7-11-21(12-8-19)30-16-15-27(2)3/h6-8,11-13,20,22,24,26H,4-5,9-10,14-17H2,1-3H3/t22-,24-/m1/s1. The van der Waals surface area contributed by atoms with Crippen molar-refractivity contribution in [1.29, 1.82) is 0 Å². The van der Waals surface area contributed by atoms with E-state index in [2.05, 4.69) is 58.4 Å². The van der Waals surface area contributed by atoms with Gasteiger partial charge in [-0.25, -0.2) is 0 Å². The maximum atomic E-state index is 13.0. The summed E-state index contributed by atoms with van der Waals surface area (Å²) in [7, 11) is 4.10. The largest absolute Gasteiger partial charge is 0.492 e. The summed E-state index contributed by atoms with van der Waals surface area (Å²) < 4.78 is 5.81. The number of likely N-dealkylation sites (N-methyl/N-ethyl adjacent to an activating group) is 1. The van der Waals surface area contributed by atoms with Gasteiger partial charge in [0.15, 0.2) is 0 Å². The molecule has 1 saturated carbocycles. The number of nitrogens with one attached hydrogen (secondary N) is 1. The predicted molar refractivity (Wildman–Crippen MR) is 127 cm³/mol. The highest BCUT2D eigenvalue weighted by Gasteiger charge is 2.41. The van der Waals surface area contributed by atoms with Crippen molar-refractivity contribution in [3.8, 4) is 5.75 Å². The monoisotopic (exact) mass is 441 g/mol. The van der Waals surface area contributed by atoms with E-state index in [1.54, 1.807) is 0 Å². The van der Waals surface area contributed by atoms with Crippen LogP contribution < -0.4 is 10.1 Å². The van der Waals surface area contributed by atoms with E-state index in [0.29, 0.717) is 12.5 Å². The van der Waals surface area contributed by atoms with Crippen molar-refractivity contribution in [2.75, 3.05) is 33.8 Å². The lowest BCUT2D eigenvalue weighted by atomic mass is 9.93. The lowest BCUT2D eigenvalue weighted by Gasteiger charge is -2.41. The van der Waals surface area contributed by atoms with Gasteiger partial charge in [-0.3, -0.25) is 4.79 Å². The van der Waals surface area contributed by atoms with E-state index >= 15 is 0 Å². The SMILES string of the molecule is Cc1ccc([C@H]2[C@H](NCc3ccc(OCCN(C)C)cc3)CCCN2C(=O)C2CC2)s1. The third-order valence-electron chi connectivity index (χ3n) is 6.19. The fraction of sp³-hybridized carbons (Fsp3) is 0.560. The molecule has 1 saturated heterocycles. The molecule has 5 nitrogen and oxygen atoms in total. The number of hydrogen-bond donors (Lipinski definition) is 1. The second-order valence-corrected chi connectivity index (χ2v) is 10.4. The van der Waals surface area contributed by atoms with E-state index in [-0.39, 0.29) is 18.0 Å². The minimum Gasteiger partial charge on any atom is -0.492 e. The summed E-state index contributed by atoms with van der Waals surface area (Å²) in [6.45, 7) is 5.43. The Hall–Kier alpha value is -1.89. The lowest BCUT2D eigenvalue weighted by molar-refractivity contribution is -0.137. The van der Waals surface area contributed by atoms with Crippen LogP contribution in [0, 0.1) is 12.8 Å². The van der Waals surface area contributed by atoms with E-state index < -0.39 is 0 Å². The highest BCUT2D eigenvalue weighted by Crippen LogP contribution is 2.40. The molecule has 2 heterocycles. The van der Waals surface area contributed by atoms with Crippen molar-refractivity contribution in [1.82, 2.24) is 15.1 Å². The fourth-order valence-corrected chi connectivity index (χ4v) is 5.34. The summed E-state index contributed by atoms with van der Waals surface area (Å²) in [5, 5.41) is 3.78. The number of carbonyl (C=O) groups excluding carboxylic acids is 1. The van der Waals surface area contributed by atoms with Crippen molar-refractivity contribution in [3.63, 3.8) is 0 Å². The predicted octanol–water partition coefficient (Wildman–Crippen LogP) is 4.23. The van der Waals surface area contributed by atoms with Crippen LogP contribution in [0.15, 0.2) is 36.4 Å². The number of ether oxygens (including phenoxy) is 1. The van der Waals surface area contributed by atoms with Gasteiger partial charge in [-0.05, 0) is 76.5 Å². The van der Waals surface area contributed by atoms with Crippen molar-refractivity contribution in [2.24, 2.45) is 5.92 Å². The Morgan fingerprint density at radius 1 is 1.16 bits per heavy atom. The van der Waals surface area contributed by atoms with Gasteiger partial charge in [-0.1, -0.05) is 12.1 Å². The van der Waals surface area contributed by atoms with Crippen LogP contribution in [0.4, 0.5) is 0 Å². The first-order valence-electron chi connectivity index (χ1n) is 11.5. The molecule has 2 aliphatic rings. The lowest BCUT2D eigenvalue weighted by Crippen LogP contribution is -2.50. The first-order chi connectivity index (χ1) is 15.0. The topological polar surface area (TPSA) is 44.8 Å². The summed E-state index contributed by atoms with van der Waals surface area (Å²) in [6.07, 6.45) is 4.29. The highest BCUT2D eigenvalue weighted by molar-refractivity contribution is 7.12. The number of hydrogen-bond acceptors (Lipinski definition) is 5. The number of piperidine rings is 1. The Bertz CT molecular complexity index is 860.